The lowest BCUT2D eigenvalue weighted by atomic mass is 10.00. The van der Waals surface area contributed by atoms with E-state index in [-0.39, 0.29) is 17.2 Å². The SMILES string of the molecule is CN=C/C=C(\N)c1cc(-c2ccc(F)cc2)ccc1[N+](=O)[O-]. The van der Waals surface area contributed by atoms with Gasteiger partial charge in [-0.2, -0.15) is 0 Å². The molecule has 0 saturated heterocycles. The monoisotopic (exact) mass is 299 g/mol. The van der Waals surface area contributed by atoms with Crippen LogP contribution in [0.2, 0.25) is 0 Å². The summed E-state index contributed by atoms with van der Waals surface area (Å²) in [5, 5.41) is 11.1. The Morgan fingerprint density at radius 3 is 2.45 bits per heavy atom. The normalized spacial score (nSPS) is 11.8. The van der Waals surface area contributed by atoms with Crippen molar-refractivity contribution in [1.29, 1.82) is 0 Å². The number of nitro groups is 1. The van der Waals surface area contributed by atoms with Crippen molar-refractivity contribution in [2.75, 3.05) is 7.05 Å². The van der Waals surface area contributed by atoms with Crippen molar-refractivity contribution >= 4 is 17.6 Å². The minimum atomic E-state index is -0.492. The van der Waals surface area contributed by atoms with Crippen molar-refractivity contribution in [2.45, 2.75) is 0 Å². The van der Waals surface area contributed by atoms with Crippen LogP contribution in [-0.4, -0.2) is 18.2 Å². The Labute approximate surface area is 126 Å². The molecule has 0 saturated carbocycles. The summed E-state index contributed by atoms with van der Waals surface area (Å²) < 4.78 is 13.0. The molecule has 0 aliphatic rings. The zero-order chi connectivity index (χ0) is 16.1. The lowest BCUT2D eigenvalue weighted by Gasteiger charge is -2.07. The summed E-state index contributed by atoms with van der Waals surface area (Å²) >= 11 is 0. The van der Waals surface area contributed by atoms with Gasteiger partial charge in [0.2, 0.25) is 0 Å². The summed E-state index contributed by atoms with van der Waals surface area (Å²) in [5.41, 5.74) is 7.80. The van der Waals surface area contributed by atoms with Crippen LogP contribution in [-0.2, 0) is 0 Å². The minimum absolute atomic E-state index is 0.0934. The fraction of sp³-hybridized carbons (Fsp3) is 0.0625. The van der Waals surface area contributed by atoms with Crippen molar-refractivity contribution in [2.24, 2.45) is 10.7 Å². The first-order valence-corrected chi connectivity index (χ1v) is 6.45. The average molecular weight is 299 g/mol. The molecule has 2 aromatic carbocycles. The number of nitrogens with two attached hydrogens (primary N) is 1. The first-order valence-electron chi connectivity index (χ1n) is 6.45. The van der Waals surface area contributed by atoms with Crippen molar-refractivity contribution < 1.29 is 9.31 Å². The van der Waals surface area contributed by atoms with Gasteiger partial charge in [0.05, 0.1) is 10.5 Å². The van der Waals surface area contributed by atoms with Crippen LogP contribution in [0, 0.1) is 15.9 Å². The Hall–Kier alpha value is -3.02. The summed E-state index contributed by atoms with van der Waals surface area (Å²) in [6, 6.07) is 10.5. The highest BCUT2D eigenvalue weighted by molar-refractivity contribution is 5.86. The molecule has 0 aliphatic carbocycles. The van der Waals surface area contributed by atoms with E-state index >= 15 is 0 Å². The van der Waals surface area contributed by atoms with Crippen molar-refractivity contribution in [3.8, 4) is 11.1 Å². The molecule has 6 heteroatoms. The van der Waals surface area contributed by atoms with Gasteiger partial charge in [0.15, 0.2) is 0 Å². The molecular weight excluding hydrogens is 285 g/mol. The lowest BCUT2D eigenvalue weighted by molar-refractivity contribution is -0.385. The zero-order valence-corrected chi connectivity index (χ0v) is 11.9. The van der Waals surface area contributed by atoms with Gasteiger partial charge in [0, 0.05) is 25.0 Å². The quantitative estimate of drug-likeness (QED) is 0.533. The maximum absolute atomic E-state index is 13.0. The third kappa shape index (κ3) is 3.35. The molecule has 0 heterocycles. The number of halogens is 1. The highest BCUT2D eigenvalue weighted by Gasteiger charge is 2.16. The number of nitro benzene ring substituents is 1. The molecule has 2 rings (SSSR count). The van der Waals surface area contributed by atoms with E-state index in [0.717, 1.165) is 5.56 Å². The summed E-state index contributed by atoms with van der Waals surface area (Å²) in [7, 11) is 1.58. The number of benzene rings is 2. The summed E-state index contributed by atoms with van der Waals surface area (Å²) in [4.78, 5) is 14.4. The molecule has 112 valence electrons. The molecule has 0 unspecified atom stereocenters. The topological polar surface area (TPSA) is 81.5 Å². The van der Waals surface area contributed by atoms with E-state index in [1.165, 1.54) is 30.5 Å². The van der Waals surface area contributed by atoms with Gasteiger partial charge in [0.1, 0.15) is 5.82 Å². The van der Waals surface area contributed by atoms with E-state index in [0.29, 0.717) is 11.1 Å². The Bertz CT molecular complexity index is 752. The van der Waals surface area contributed by atoms with Crippen LogP contribution >= 0.6 is 0 Å². The van der Waals surface area contributed by atoms with Gasteiger partial charge in [-0.15, -0.1) is 0 Å². The smallest absolute Gasteiger partial charge is 0.278 e. The number of nitrogens with zero attached hydrogens (tertiary/aromatic N) is 2. The van der Waals surface area contributed by atoms with Crippen LogP contribution in [0.15, 0.2) is 53.5 Å². The van der Waals surface area contributed by atoms with Gasteiger partial charge in [-0.3, -0.25) is 15.1 Å². The first kappa shape index (κ1) is 15.4. The second-order valence-electron chi connectivity index (χ2n) is 4.53. The third-order valence-corrected chi connectivity index (χ3v) is 3.08. The van der Waals surface area contributed by atoms with Crippen LogP contribution in [0.5, 0.6) is 0 Å². The molecule has 22 heavy (non-hydrogen) atoms. The molecule has 0 aromatic heterocycles. The van der Waals surface area contributed by atoms with Crippen LogP contribution in [0.3, 0.4) is 0 Å². The predicted molar refractivity (Wildman–Crippen MR) is 85.1 cm³/mol. The summed E-state index contributed by atoms with van der Waals surface area (Å²) in [6.45, 7) is 0. The molecular formula is C16H14FN3O2. The first-order chi connectivity index (χ1) is 10.5. The third-order valence-electron chi connectivity index (χ3n) is 3.08. The average Bonchev–Trinajstić information content (AvgIpc) is 2.52. The maximum Gasteiger partial charge on any atom is 0.278 e. The van der Waals surface area contributed by atoms with Gasteiger partial charge >= 0.3 is 0 Å². The van der Waals surface area contributed by atoms with Gasteiger partial charge in [-0.1, -0.05) is 12.1 Å². The molecule has 5 nitrogen and oxygen atoms in total. The maximum atomic E-state index is 13.0. The van der Waals surface area contributed by atoms with Crippen molar-refractivity contribution in [3.05, 3.63) is 70.0 Å². The molecule has 2 aromatic rings. The Morgan fingerprint density at radius 2 is 1.86 bits per heavy atom. The molecule has 0 atom stereocenters. The van der Waals surface area contributed by atoms with Gasteiger partial charge in [0.25, 0.3) is 5.69 Å². The van der Waals surface area contributed by atoms with Gasteiger partial charge in [-0.05, 0) is 41.5 Å². The summed E-state index contributed by atoms with van der Waals surface area (Å²) in [6.07, 6.45) is 2.96. The fourth-order valence-electron chi connectivity index (χ4n) is 1.99. The number of hydrogen-bond donors (Lipinski definition) is 1. The van der Waals surface area contributed by atoms with Crippen LogP contribution in [0.4, 0.5) is 10.1 Å². The highest BCUT2D eigenvalue weighted by Crippen LogP contribution is 2.29. The number of aliphatic imine (C=N–C) groups is 1. The van der Waals surface area contributed by atoms with E-state index < -0.39 is 4.92 Å². The molecule has 0 amide bonds. The standard InChI is InChI=1S/C16H14FN3O2/c1-19-9-8-15(18)14-10-12(4-7-16(14)20(21)22)11-2-5-13(17)6-3-11/h2-10H,18H2,1H3/b15-8-,19-9?. The fourth-order valence-corrected chi connectivity index (χ4v) is 1.99. The zero-order valence-electron chi connectivity index (χ0n) is 11.9. The van der Waals surface area contributed by atoms with Crippen molar-refractivity contribution in [3.63, 3.8) is 0 Å². The van der Waals surface area contributed by atoms with E-state index in [9.17, 15) is 14.5 Å². The van der Waals surface area contributed by atoms with Crippen LogP contribution < -0.4 is 5.73 Å². The Kier molecular flexibility index (Phi) is 4.63. The number of allylic oxidation sites excluding steroid dienone is 1. The molecule has 0 bridgehead atoms. The second-order valence-corrected chi connectivity index (χ2v) is 4.53. The van der Waals surface area contributed by atoms with Crippen LogP contribution in [0.1, 0.15) is 5.56 Å². The molecule has 2 N–H and O–H groups in total. The molecule has 0 fully saturated rings. The Balaban J connectivity index is 2.56. The number of rotatable bonds is 4. The van der Waals surface area contributed by atoms with Gasteiger partial charge in [-0.25, -0.2) is 4.39 Å². The van der Waals surface area contributed by atoms with E-state index in [2.05, 4.69) is 4.99 Å². The largest absolute Gasteiger partial charge is 0.398 e. The minimum Gasteiger partial charge on any atom is -0.398 e. The molecule has 0 spiro atoms. The van der Waals surface area contributed by atoms with E-state index in [1.807, 2.05) is 0 Å². The summed E-state index contributed by atoms with van der Waals surface area (Å²) in [5.74, 6) is -0.343. The van der Waals surface area contributed by atoms with Gasteiger partial charge < -0.3 is 5.73 Å². The van der Waals surface area contributed by atoms with Crippen LogP contribution in [0.25, 0.3) is 16.8 Å². The van der Waals surface area contributed by atoms with E-state index in [4.69, 9.17) is 5.73 Å². The Morgan fingerprint density at radius 1 is 1.23 bits per heavy atom. The molecule has 0 radical (unpaired) electrons. The molecule has 0 aliphatic heterocycles. The number of hydrogen-bond acceptors (Lipinski definition) is 4. The van der Waals surface area contributed by atoms with E-state index in [1.54, 1.807) is 31.3 Å². The highest BCUT2D eigenvalue weighted by atomic mass is 19.1. The lowest BCUT2D eigenvalue weighted by Crippen LogP contribution is -2.02. The second kappa shape index (κ2) is 6.62. The predicted octanol–water partition coefficient (Wildman–Crippen LogP) is 3.40. The van der Waals surface area contributed by atoms with Crippen molar-refractivity contribution in [1.82, 2.24) is 0 Å².